The lowest BCUT2D eigenvalue weighted by Crippen LogP contribution is -2.44. The van der Waals surface area contributed by atoms with Crippen molar-refractivity contribution in [2.24, 2.45) is 4.99 Å². The van der Waals surface area contributed by atoms with E-state index in [2.05, 4.69) is 37.2 Å². The number of methoxy groups -OCH3 is 1. The van der Waals surface area contributed by atoms with Gasteiger partial charge in [-0.15, -0.1) is 0 Å². The number of nitrogens with one attached hydrogen (secondary N) is 2. The number of ether oxygens (including phenoxy) is 1. The van der Waals surface area contributed by atoms with Crippen molar-refractivity contribution in [3.63, 3.8) is 0 Å². The highest BCUT2D eigenvalue weighted by atomic mass is 35.5. The molecule has 0 aromatic carbocycles. The number of carbonyl (C=O) groups is 1. The van der Waals surface area contributed by atoms with Crippen LogP contribution in [0.25, 0.3) is 0 Å². The van der Waals surface area contributed by atoms with E-state index in [1.807, 2.05) is 12.1 Å². The predicted molar refractivity (Wildman–Crippen MR) is 114 cm³/mol. The van der Waals surface area contributed by atoms with Gasteiger partial charge >= 0.3 is 5.97 Å². The summed E-state index contributed by atoms with van der Waals surface area (Å²) in [7, 11) is 1.43. The van der Waals surface area contributed by atoms with Crippen LogP contribution in [0.3, 0.4) is 0 Å². The molecule has 1 saturated heterocycles. The number of aromatic nitrogens is 1. The molecule has 0 aliphatic carbocycles. The van der Waals surface area contributed by atoms with E-state index >= 15 is 0 Å². The number of rotatable bonds is 10. The molecule has 8 heteroatoms. The van der Waals surface area contributed by atoms with E-state index in [9.17, 15) is 4.79 Å². The molecule has 2 N–H and O–H groups in total. The van der Waals surface area contributed by atoms with Crippen LogP contribution in [0.15, 0.2) is 23.3 Å². The summed E-state index contributed by atoms with van der Waals surface area (Å²) >= 11 is 6.27. The van der Waals surface area contributed by atoms with Crippen LogP contribution >= 0.6 is 11.6 Å². The molecule has 1 fully saturated rings. The van der Waals surface area contributed by atoms with Crippen molar-refractivity contribution in [1.82, 2.24) is 15.6 Å². The Morgan fingerprint density at radius 3 is 2.96 bits per heavy atom. The first kappa shape index (κ1) is 22.3. The molecule has 0 amide bonds. The highest BCUT2D eigenvalue weighted by Gasteiger charge is 2.25. The number of esters is 1. The molecule has 28 heavy (non-hydrogen) atoms. The molecule has 1 atom stereocenters. The van der Waals surface area contributed by atoms with Crippen LogP contribution in [0.4, 0.5) is 5.82 Å². The van der Waals surface area contributed by atoms with Crippen LogP contribution in [0.2, 0.25) is 5.02 Å². The third kappa shape index (κ3) is 7.54. The first-order valence-corrected chi connectivity index (χ1v) is 10.5. The standard InChI is InChI=1S/C20H32ClN5O2/c1-3-22-20(24-12-7-5-4-6-10-18(27)28-2)25-16-11-14-26(15-16)19-17(21)9-8-13-23-19/h8-9,13,16H,3-7,10-12,14-15H2,1-2H3,(H2,22,24,25). The van der Waals surface area contributed by atoms with Crippen LogP contribution in [0.1, 0.15) is 45.4 Å². The predicted octanol–water partition coefficient (Wildman–Crippen LogP) is 2.99. The second-order valence-corrected chi connectivity index (χ2v) is 7.29. The van der Waals surface area contributed by atoms with Gasteiger partial charge in [0.05, 0.1) is 12.1 Å². The molecule has 0 spiro atoms. The first-order chi connectivity index (χ1) is 13.6. The number of carbonyl (C=O) groups excluding carboxylic acids is 1. The highest BCUT2D eigenvalue weighted by Crippen LogP contribution is 2.25. The van der Waals surface area contributed by atoms with Gasteiger partial charge in [-0.3, -0.25) is 9.79 Å². The van der Waals surface area contributed by atoms with Crippen molar-refractivity contribution in [3.05, 3.63) is 23.4 Å². The smallest absolute Gasteiger partial charge is 0.305 e. The van der Waals surface area contributed by atoms with E-state index in [1.165, 1.54) is 7.11 Å². The second kappa shape index (κ2) is 12.4. The first-order valence-electron chi connectivity index (χ1n) is 10.1. The molecule has 0 bridgehead atoms. The van der Waals surface area contributed by atoms with E-state index in [-0.39, 0.29) is 5.97 Å². The van der Waals surface area contributed by atoms with Gasteiger partial charge in [0.25, 0.3) is 0 Å². The fourth-order valence-electron chi connectivity index (χ4n) is 3.22. The lowest BCUT2D eigenvalue weighted by Gasteiger charge is -2.20. The summed E-state index contributed by atoms with van der Waals surface area (Å²) in [5.74, 6) is 1.58. The minimum atomic E-state index is -0.130. The molecule has 2 heterocycles. The van der Waals surface area contributed by atoms with Gasteiger partial charge in [0.15, 0.2) is 5.96 Å². The van der Waals surface area contributed by atoms with E-state index in [0.29, 0.717) is 17.5 Å². The zero-order valence-corrected chi connectivity index (χ0v) is 17.7. The molecule has 1 aliphatic rings. The Kier molecular flexibility index (Phi) is 9.90. The largest absolute Gasteiger partial charge is 0.469 e. The number of anilines is 1. The zero-order chi connectivity index (χ0) is 20.2. The van der Waals surface area contributed by atoms with Crippen LogP contribution < -0.4 is 15.5 Å². The topological polar surface area (TPSA) is 78.8 Å². The van der Waals surface area contributed by atoms with Crippen LogP contribution in [0.5, 0.6) is 0 Å². The lowest BCUT2D eigenvalue weighted by atomic mass is 10.1. The molecule has 7 nitrogen and oxygen atoms in total. The minimum Gasteiger partial charge on any atom is -0.469 e. The Hall–Kier alpha value is -2.02. The van der Waals surface area contributed by atoms with Crippen molar-refractivity contribution in [2.45, 2.75) is 51.5 Å². The molecule has 2 rings (SSSR count). The van der Waals surface area contributed by atoms with Gasteiger partial charge in [-0.2, -0.15) is 0 Å². The summed E-state index contributed by atoms with van der Waals surface area (Å²) in [6.07, 6.45) is 7.28. The molecule has 1 aliphatic heterocycles. The van der Waals surface area contributed by atoms with Crippen molar-refractivity contribution in [2.75, 3.05) is 38.2 Å². The molecule has 0 radical (unpaired) electrons. The Balaban J connectivity index is 1.72. The quantitative estimate of drug-likeness (QED) is 0.267. The van der Waals surface area contributed by atoms with Crippen LogP contribution in [-0.4, -0.2) is 56.2 Å². The molecule has 1 aromatic heterocycles. The fraction of sp³-hybridized carbons (Fsp3) is 0.650. The van der Waals surface area contributed by atoms with E-state index in [0.717, 1.165) is 70.1 Å². The SMILES string of the molecule is CCNC(=NCCCCCCC(=O)OC)NC1CCN(c2ncccc2Cl)C1. The fourth-order valence-corrected chi connectivity index (χ4v) is 3.46. The molecule has 156 valence electrons. The van der Waals surface area contributed by atoms with E-state index in [1.54, 1.807) is 6.20 Å². The molecule has 1 aromatic rings. The summed E-state index contributed by atoms with van der Waals surface area (Å²) in [4.78, 5) is 22.4. The van der Waals surface area contributed by atoms with Gasteiger partial charge in [0, 0.05) is 44.8 Å². The summed E-state index contributed by atoms with van der Waals surface area (Å²) in [5, 5.41) is 7.53. The number of guanidine groups is 1. The third-order valence-electron chi connectivity index (χ3n) is 4.70. The molecular formula is C20H32ClN5O2. The van der Waals surface area contributed by atoms with Crippen LogP contribution in [0, 0.1) is 0 Å². The third-order valence-corrected chi connectivity index (χ3v) is 4.99. The normalized spacial score (nSPS) is 16.9. The summed E-state index contributed by atoms with van der Waals surface area (Å²) in [5.41, 5.74) is 0. The van der Waals surface area contributed by atoms with Crippen LogP contribution in [-0.2, 0) is 9.53 Å². The van der Waals surface area contributed by atoms with Gasteiger partial charge < -0.3 is 20.3 Å². The number of hydrogen-bond donors (Lipinski definition) is 2. The molecular weight excluding hydrogens is 378 g/mol. The van der Waals surface area contributed by atoms with Gasteiger partial charge in [-0.25, -0.2) is 4.98 Å². The van der Waals surface area contributed by atoms with Crippen molar-refractivity contribution >= 4 is 29.3 Å². The summed E-state index contributed by atoms with van der Waals surface area (Å²) in [6.45, 7) is 5.45. The highest BCUT2D eigenvalue weighted by molar-refractivity contribution is 6.32. The maximum Gasteiger partial charge on any atom is 0.305 e. The number of hydrogen-bond acceptors (Lipinski definition) is 5. The van der Waals surface area contributed by atoms with Gasteiger partial charge in [0.1, 0.15) is 5.82 Å². The second-order valence-electron chi connectivity index (χ2n) is 6.89. The lowest BCUT2D eigenvalue weighted by molar-refractivity contribution is -0.140. The Labute approximate surface area is 172 Å². The Morgan fingerprint density at radius 1 is 1.39 bits per heavy atom. The number of nitrogens with zero attached hydrogens (tertiary/aromatic N) is 3. The molecule has 0 saturated carbocycles. The van der Waals surface area contributed by atoms with E-state index in [4.69, 9.17) is 11.6 Å². The van der Waals surface area contributed by atoms with Crippen molar-refractivity contribution < 1.29 is 9.53 Å². The maximum absolute atomic E-state index is 11.1. The number of aliphatic imine (C=N–C) groups is 1. The van der Waals surface area contributed by atoms with Crippen molar-refractivity contribution in [1.29, 1.82) is 0 Å². The maximum atomic E-state index is 11.1. The Morgan fingerprint density at radius 2 is 2.21 bits per heavy atom. The van der Waals surface area contributed by atoms with Gasteiger partial charge in [-0.1, -0.05) is 24.4 Å². The van der Waals surface area contributed by atoms with E-state index < -0.39 is 0 Å². The number of halogens is 1. The Bertz CT molecular complexity index is 641. The van der Waals surface area contributed by atoms with Gasteiger partial charge in [-0.05, 0) is 38.3 Å². The molecule has 1 unspecified atom stereocenters. The zero-order valence-electron chi connectivity index (χ0n) is 16.9. The average Bonchev–Trinajstić information content (AvgIpc) is 3.15. The number of unbranched alkanes of at least 4 members (excludes halogenated alkanes) is 3. The van der Waals surface area contributed by atoms with Crippen molar-refractivity contribution in [3.8, 4) is 0 Å². The van der Waals surface area contributed by atoms with Gasteiger partial charge in [0.2, 0.25) is 0 Å². The minimum absolute atomic E-state index is 0.130. The average molecular weight is 410 g/mol. The summed E-state index contributed by atoms with van der Waals surface area (Å²) < 4.78 is 4.65. The summed E-state index contributed by atoms with van der Waals surface area (Å²) in [6, 6.07) is 4.04. The monoisotopic (exact) mass is 409 g/mol. The number of pyridine rings is 1.